The van der Waals surface area contributed by atoms with E-state index in [9.17, 15) is 20.1 Å². The highest BCUT2D eigenvalue weighted by molar-refractivity contribution is 5.95. The van der Waals surface area contributed by atoms with Gasteiger partial charge in [-0.05, 0) is 50.8 Å². The molecule has 34 heavy (non-hydrogen) atoms. The van der Waals surface area contributed by atoms with Crippen molar-refractivity contribution in [3.05, 3.63) is 57.5 Å². The maximum atomic E-state index is 12.0. The topological polar surface area (TPSA) is 154 Å². The summed E-state index contributed by atoms with van der Waals surface area (Å²) in [5, 5.41) is 33.6. The zero-order chi connectivity index (χ0) is 25.5. The van der Waals surface area contributed by atoms with Gasteiger partial charge < -0.3 is 29.5 Å². The van der Waals surface area contributed by atoms with Crippen LogP contribution in [0, 0.1) is 12.8 Å². The largest absolute Gasteiger partial charge is 0.493 e. The molecule has 0 aliphatic carbocycles. The number of carboxylic acids is 1. The van der Waals surface area contributed by atoms with Crippen LogP contribution in [-0.4, -0.2) is 64.6 Å². The standard InChI is InChI=1S/C24H33N3O7/c1-14(16(3)28)6-9-18(29)22-20(33-24(4,5)34-22)11-8-17-19(32-13-12-26-27-25)10-7-15(2)21(17)23(30)31/h6-11,14,16,18,20,22,28-29H,12-13H2,1-5H3,(H,30,31)/b9-6-,11-8+/t14-,16+,18?,20-,22-/m1/s1. The molecule has 1 aliphatic heterocycles. The molecule has 3 N–H and O–H groups in total. The van der Waals surface area contributed by atoms with Crippen molar-refractivity contribution in [1.82, 2.24) is 0 Å². The molecule has 2 rings (SSSR count). The lowest BCUT2D eigenvalue weighted by Gasteiger charge is -2.20. The van der Waals surface area contributed by atoms with Gasteiger partial charge in [-0.1, -0.05) is 42.4 Å². The van der Waals surface area contributed by atoms with Gasteiger partial charge in [0.25, 0.3) is 0 Å². The van der Waals surface area contributed by atoms with Gasteiger partial charge in [-0.3, -0.25) is 0 Å². The summed E-state index contributed by atoms with van der Waals surface area (Å²) in [5.74, 6) is -1.93. The van der Waals surface area contributed by atoms with E-state index in [0.717, 1.165) is 0 Å². The van der Waals surface area contributed by atoms with E-state index in [2.05, 4.69) is 10.0 Å². The van der Waals surface area contributed by atoms with Crippen molar-refractivity contribution in [3.8, 4) is 5.75 Å². The van der Waals surface area contributed by atoms with Crippen LogP contribution in [0.15, 0.2) is 35.5 Å². The number of rotatable bonds is 11. The lowest BCUT2D eigenvalue weighted by molar-refractivity contribution is -0.150. The number of aliphatic hydroxyl groups excluding tert-OH is 2. The number of aliphatic hydroxyl groups is 2. The fourth-order valence-electron chi connectivity index (χ4n) is 3.51. The number of aryl methyl sites for hydroxylation is 1. The highest BCUT2D eigenvalue weighted by atomic mass is 16.8. The van der Waals surface area contributed by atoms with Crippen LogP contribution in [0.1, 0.15) is 49.2 Å². The first-order valence-electron chi connectivity index (χ1n) is 11.1. The van der Waals surface area contributed by atoms with Crippen molar-refractivity contribution in [3.63, 3.8) is 0 Å². The summed E-state index contributed by atoms with van der Waals surface area (Å²) in [7, 11) is 0. The van der Waals surface area contributed by atoms with E-state index < -0.39 is 36.2 Å². The molecule has 0 radical (unpaired) electrons. The summed E-state index contributed by atoms with van der Waals surface area (Å²) in [6, 6.07) is 3.29. The molecule has 10 nitrogen and oxygen atoms in total. The van der Waals surface area contributed by atoms with Gasteiger partial charge in [0.15, 0.2) is 5.79 Å². The first-order chi connectivity index (χ1) is 16.0. The second-order valence-electron chi connectivity index (χ2n) is 8.68. The van der Waals surface area contributed by atoms with Crippen LogP contribution in [0.3, 0.4) is 0 Å². The lowest BCUT2D eigenvalue weighted by Crippen LogP contribution is -2.33. The summed E-state index contributed by atoms with van der Waals surface area (Å²) in [6.07, 6.45) is 3.47. The number of carboxylic acid groups (broad SMARTS) is 1. The van der Waals surface area contributed by atoms with Crippen molar-refractivity contribution < 1.29 is 34.3 Å². The minimum atomic E-state index is -1.12. The maximum Gasteiger partial charge on any atom is 0.336 e. The number of hydrogen-bond donors (Lipinski definition) is 3. The average Bonchev–Trinajstić information content (AvgIpc) is 3.08. The van der Waals surface area contributed by atoms with Crippen LogP contribution in [0.2, 0.25) is 0 Å². The molecule has 0 spiro atoms. The number of ether oxygens (including phenoxy) is 3. The molecule has 0 bridgehead atoms. The van der Waals surface area contributed by atoms with E-state index in [1.54, 1.807) is 64.1 Å². The summed E-state index contributed by atoms with van der Waals surface area (Å²) in [6.45, 7) is 8.80. The molecule has 10 heteroatoms. The van der Waals surface area contributed by atoms with Crippen molar-refractivity contribution >= 4 is 12.0 Å². The molecular weight excluding hydrogens is 442 g/mol. The predicted octanol–water partition coefficient (Wildman–Crippen LogP) is 3.85. The van der Waals surface area contributed by atoms with Gasteiger partial charge in [-0.2, -0.15) is 0 Å². The van der Waals surface area contributed by atoms with Gasteiger partial charge in [0, 0.05) is 10.5 Å². The summed E-state index contributed by atoms with van der Waals surface area (Å²) in [4.78, 5) is 14.6. The number of azide groups is 1. The Balaban J connectivity index is 2.36. The molecule has 1 aliphatic rings. The van der Waals surface area contributed by atoms with Crippen LogP contribution in [0.4, 0.5) is 0 Å². The van der Waals surface area contributed by atoms with Crippen LogP contribution in [-0.2, 0) is 9.47 Å². The van der Waals surface area contributed by atoms with Crippen molar-refractivity contribution in [2.24, 2.45) is 11.0 Å². The van der Waals surface area contributed by atoms with Gasteiger partial charge in [0.2, 0.25) is 0 Å². The van der Waals surface area contributed by atoms with E-state index in [0.29, 0.717) is 16.9 Å². The Hall–Kier alpha value is -2.88. The third-order valence-corrected chi connectivity index (χ3v) is 5.47. The molecule has 0 saturated carbocycles. The maximum absolute atomic E-state index is 12.0. The molecule has 1 heterocycles. The number of benzene rings is 1. The lowest BCUT2D eigenvalue weighted by atomic mass is 9.98. The second kappa shape index (κ2) is 12.0. The Morgan fingerprint density at radius 2 is 2.00 bits per heavy atom. The Morgan fingerprint density at radius 3 is 2.62 bits per heavy atom. The molecular formula is C24H33N3O7. The van der Waals surface area contributed by atoms with Crippen LogP contribution in [0.25, 0.3) is 16.5 Å². The highest BCUT2D eigenvalue weighted by Gasteiger charge is 2.43. The molecule has 0 aromatic heterocycles. The first kappa shape index (κ1) is 27.4. The third kappa shape index (κ3) is 7.31. The zero-order valence-electron chi connectivity index (χ0n) is 20.1. The number of nitrogens with zero attached hydrogens (tertiary/aromatic N) is 3. The second-order valence-corrected chi connectivity index (χ2v) is 8.68. The van der Waals surface area contributed by atoms with Crippen molar-refractivity contribution in [2.45, 2.75) is 64.8 Å². The fraction of sp³-hybridized carbons (Fsp3) is 0.542. The molecule has 5 atom stereocenters. The number of hydrogen-bond acceptors (Lipinski definition) is 7. The van der Waals surface area contributed by atoms with E-state index >= 15 is 0 Å². The molecule has 1 aromatic carbocycles. The quantitative estimate of drug-likeness (QED) is 0.144. The minimum absolute atomic E-state index is 0.0680. The fourth-order valence-corrected chi connectivity index (χ4v) is 3.51. The zero-order valence-corrected chi connectivity index (χ0v) is 20.1. The normalized spacial score (nSPS) is 22.4. The Kier molecular flexibility index (Phi) is 9.66. The molecule has 0 amide bonds. The van der Waals surface area contributed by atoms with Gasteiger partial charge in [0.1, 0.15) is 24.1 Å². The molecule has 1 aromatic rings. The smallest absolute Gasteiger partial charge is 0.336 e. The van der Waals surface area contributed by atoms with Crippen molar-refractivity contribution in [1.29, 1.82) is 0 Å². The molecule has 1 fully saturated rings. The minimum Gasteiger partial charge on any atom is -0.493 e. The Labute approximate surface area is 199 Å². The Morgan fingerprint density at radius 1 is 1.29 bits per heavy atom. The SMILES string of the molecule is Cc1ccc(OCCN=[N+]=[N-])c(/C=C/[C@H]2OC(C)(C)O[C@@H]2C(O)/C=C\[C@@H](C)[C@H](C)O)c1C(=O)O. The van der Waals surface area contributed by atoms with E-state index in [-0.39, 0.29) is 24.6 Å². The van der Waals surface area contributed by atoms with Gasteiger partial charge >= 0.3 is 5.97 Å². The van der Waals surface area contributed by atoms with Crippen LogP contribution >= 0.6 is 0 Å². The van der Waals surface area contributed by atoms with E-state index in [4.69, 9.17) is 19.7 Å². The van der Waals surface area contributed by atoms with E-state index in [1.807, 2.05) is 6.92 Å². The Bertz CT molecular complexity index is 968. The summed E-state index contributed by atoms with van der Waals surface area (Å²) < 4.78 is 17.5. The monoisotopic (exact) mass is 475 g/mol. The average molecular weight is 476 g/mol. The number of carbonyl (C=O) groups is 1. The summed E-state index contributed by atoms with van der Waals surface area (Å²) >= 11 is 0. The van der Waals surface area contributed by atoms with Gasteiger partial charge in [-0.15, -0.1) is 0 Å². The van der Waals surface area contributed by atoms with Crippen LogP contribution in [0.5, 0.6) is 5.75 Å². The van der Waals surface area contributed by atoms with Gasteiger partial charge in [-0.25, -0.2) is 4.79 Å². The van der Waals surface area contributed by atoms with Gasteiger partial charge in [0.05, 0.1) is 24.8 Å². The third-order valence-electron chi connectivity index (χ3n) is 5.47. The van der Waals surface area contributed by atoms with Crippen LogP contribution < -0.4 is 4.74 Å². The molecule has 1 saturated heterocycles. The number of aromatic carboxylic acids is 1. The van der Waals surface area contributed by atoms with Crippen molar-refractivity contribution in [2.75, 3.05) is 13.2 Å². The first-order valence-corrected chi connectivity index (χ1v) is 11.1. The van der Waals surface area contributed by atoms with E-state index in [1.165, 1.54) is 0 Å². The highest BCUT2D eigenvalue weighted by Crippen LogP contribution is 2.33. The molecule has 1 unspecified atom stereocenters. The summed E-state index contributed by atoms with van der Waals surface area (Å²) in [5.41, 5.74) is 9.38. The molecule has 186 valence electrons. The predicted molar refractivity (Wildman–Crippen MR) is 126 cm³/mol.